The topological polar surface area (TPSA) is 3.24 Å². The maximum atomic E-state index is 3.46. The first kappa shape index (κ1) is 14.2. The lowest BCUT2D eigenvalue weighted by molar-refractivity contribution is 0.318. The van der Waals surface area contributed by atoms with Gasteiger partial charge < -0.3 is 4.90 Å². The first-order valence-electron chi connectivity index (χ1n) is 5.71. The van der Waals surface area contributed by atoms with Gasteiger partial charge in [-0.25, -0.2) is 0 Å². The molecule has 0 N–H and O–H groups in total. The van der Waals surface area contributed by atoms with Crippen LogP contribution in [0, 0.1) is 0 Å². The van der Waals surface area contributed by atoms with Gasteiger partial charge in [-0.1, -0.05) is 50.4 Å². The first-order valence-corrected chi connectivity index (χ1v) is 7.63. The molecule has 3 heteroatoms. The molecule has 1 aromatic rings. The van der Waals surface area contributed by atoms with Gasteiger partial charge in [0.1, 0.15) is 0 Å². The lowest BCUT2D eigenvalue weighted by Gasteiger charge is -2.16. The summed E-state index contributed by atoms with van der Waals surface area (Å²) in [5.41, 5.74) is 1.38. The summed E-state index contributed by atoms with van der Waals surface area (Å²) in [6, 6.07) is 8.57. The molecule has 0 amide bonds. The lowest BCUT2D eigenvalue weighted by atomic mass is 10.2. The average Bonchev–Trinajstić information content (AvgIpc) is 2.28. The van der Waals surface area contributed by atoms with E-state index >= 15 is 0 Å². The van der Waals surface area contributed by atoms with Crippen molar-refractivity contribution in [1.82, 2.24) is 4.90 Å². The number of halogens is 2. The molecule has 1 rings (SSSR count). The molecule has 0 unspecified atom stereocenters. The number of hydrogen-bond acceptors (Lipinski definition) is 1. The Kier molecular flexibility index (Phi) is 7.33. The third kappa shape index (κ3) is 6.02. The number of unbranched alkanes of at least 4 members (excludes halogenated alkanes) is 2. The number of hydrogen-bond donors (Lipinski definition) is 0. The standard InChI is InChI=1S/C13H19Br2N/c1-16(10-4-2-3-9-14)11-12-5-7-13(15)8-6-12/h5-8H,2-4,9-11H2,1H3. The average molecular weight is 349 g/mol. The van der Waals surface area contributed by atoms with Crippen LogP contribution in [0.4, 0.5) is 0 Å². The summed E-state index contributed by atoms with van der Waals surface area (Å²) in [6.07, 6.45) is 3.89. The molecular weight excluding hydrogens is 330 g/mol. The molecule has 0 aliphatic rings. The minimum Gasteiger partial charge on any atom is -0.302 e. The highest BCUT2D eigenvalue weighted by atomic mass is 79.9. The van der Waals surface area contributed by atoms with Gasteiger partial charge >= 0.3 is 0 Å². The van der Waals surface area contributed by atoms with Crippen molar-refractivity contribution < 1.29 is 0 Å². The summed E-state index contributed by atoms with van der Waals surface area (Å²) >= 11 is 6.91. The Morgan fingerprint density at radius 2 is 1.75 bits per heavy atom. The van der Waals surface area contributed by atoms with E-state index in [0.717, 1.165) is 16.3 Å². The Labute approximate surface area is 115 Å². The van der Waals surface area contributed by atoms with E-state index in [4.69, 9.17) is 0 Å². The van der Waals surface area contributed by atoms with Crippen LogP contribution in [-0.2, 0) is 6.54 Å². The molecule has 0 saturated heterocycles. The van der Waals surface area contributed by atoms with E-state index in [9.17, 15) is 0 Å². The lowest BCUT2D eigenvalue weighted by Crippen LogP contribution is -2.19. The van der Waals surface area contributed by atoms with Gasteiger partial charge in [-0.05, 0) is 44.1 Å². The van der Waals surface area contributed by atoms with Crippen molar-refractivity contribution in [1.29, 1.82) is 0 Å². The van der Waals surface area contributed by atoms with E-state index in [-0.39, 0.29) is 0 Å². The van der Waals surface area contributed by atoms with E-state index in [0.29, 0.717) is 0 Å². The summed E-state index contributed by atoms with van der Waals surface area (Å²) < 4.78 is 1.15. The van der Waals surface area contributed by atoms with Crippen LogP contribution in [-0.4, -0.2) is 23.8 Å². The normalized spacial score (nSPS) is 11.0. The van der Waals surface area contributed by atoms with Crippen molar-refractivity contribution in [3.05, 3.63) is 34.3 Å². The number of benzene rings is 1. The summed E-state index contributed by atoms with van der Waals surface area (Å²) in [5.74, 6) is 0. The predicted octanol–water partition coefficient (Wildman–Crippen LogP) is 4.45. The molecule has 0 spiro atoms. The van der Waals surface area contributed by atoms with Crippen LogP contribution in [0.15, 0.2) is 28.7 Å². The molecule has 0 saturated carbocycles. The fraction of sp³-hybridized carbons (Fsp3) is 0.538. The zero-order valence-corrected chi connectivity index (χ0v) is 12.9. The molecule has 0 fully saturated rings. The molecule has 0 aromatic heterocycles. The largest absolute Gasteiger partial charge is 0.302 e. The smallest absolute Gasteiger partial charge is 0.0230 e. The van der Waals surface area contributed by atoms with Crippen LogP contribution in [0.1, 0.15) is 24.8 Å². The highest BCUT2D eigenvalue weighted by Gasteiger charge is 2.00. The molecule has 16 heavy (non-hydrogen) atoms. The van der Waals surface area contributed by atoms with Gasteiger partial charge in [0.25, 0.3) is 0 Å². The molecule has 1 aromatic carbocycles. The fourth-order valence-electron chi connectivity index (χ4n) is 1.63. The minimum atomic E-state index is 1.04. The van der Waals surface area contributed by atoms with Crippen molar-refractivity contribution >= 4 is 31.9 Å². The monoisotopic (exact) mass is 347 g/mol. The minimum absolute atomic E-state index is 1.04. The van der Waals surface area contributed by atoms with Crippen LogP contribution < -0.4 is 0 Å². The van der Waals surface area contributed by atoms with Crippen LogP contribution in [0.5, 0.6) is 0 Å². The van der Waals surface area contributed by atoms with Crippen LogP contribution in [0.3, 0.4) is 0 Å². The fourth-order valence-corrected chi connectivity index (χ4v) is 2.29. The molecule has 0 radical (unpaired) electrons. The highest BCUT2D eigenvalue weighted by molar-refractivity contribution is 9.10. The zero-order valence-electron chi connectivity index (χ0n) is 9.76. The maximum Gasteiger partial charge on any atom is 0.0230 e. The van der Waals surface area contributed by atoms with Crippen molar-refractivity contribution in [3.8, 4) is 0 Å². The van der Waals surface area contributed by atoms with Gasteiger partial charge in [0.15, 0.2) is 0 Å². The number of nitrogens with zero attached hydrogens (tertiary/aromatic N) is 1. The second kappa shape index (κ2) is 8.26. The highest BCUT2D eigenvalue weighted by Crippen LogP contribution is 2.12. The first-order chi connectivity index (χ1) is 7.72. The molecule has 90 valence electrons. The number of alkyl halides is 1. The zero-order chi connectivity index (χ0) is 11.8. The van der Waals surface area contributed by atoms with Gasteiger partial charge in [-0.3, -0.25) is 0 Å². The number of rotatable bonds is 7. The Bertz CT molecular complexity index is 284. The van der Waals surface area contributed by atoms with Gasteiger partial charge in [-0.15, -0.1) is 0 Å². The quantitative estimate of drug-likeness (QED) is 0.520. The second-order valence-corrected chi connectivity index (χ2v) is 5.82. The second-order valence-electron chi connectivity index (χ2n) is 4.11. The van der Waals surface area contributed by atoms with E-state index < -0.39 is 0 Å². The summed E-state index contributed by atoms with van der Waals surface area (Å²) in [4.78, 5) is 2.39. The maximum absolute atomic E-state index is 3.46. The summed E-state index contributed by atoms with van der Waals surface area (Å²) in [6.45, 7) is 2.23. The Morgan fingerprint density at radius 3 is 2.38 bits per heavy atom. The summed E-state index contributed by atoms with van der Waals surface area (Å²) in [5, 5.41) is 1.13. The third-order valence-corrected chi connectivity index (χ3v) is 3.63. The molecular formula is C13H19Br2N. The van der Waals surface area contributed by atoms with Crippen molar-refractivity contribution in [2.75, 3.05) is 18.9 Å². The van der Waals surface area contributed by atoms with Crippen LogP contribution in [0.25, 0.3) is 0 Å². The van der Waals surface area contributed by atoms with E-state index in [1.807, 2.05) is 0 Å². The molecule has 0 aliphatic carbocycles. The molecule has 0 atom stereocenters. The summed E-state index contributed by atoms with van der Waals surface area (Å²) in [7, 11) is 2.19. The molecule has 0 aliphatic heterocycles. The Hall–Kier alpha value is 0.140. The van der Waals surface area contributed by atoms with Gasteiger partial charge in [0.05, 0.1) is 0 Å². The van der Waals surface area contributed by atoms with E-state index in [1.54, 1.807) is 0 Å². The predicted molar refractivity (Wildman–Crippen MR) is 78.1 cm³/mol. The van der Waals surface area contributed by atoms with Gasteiger partial charge in [-0.2, -0.15) is 0 Å². The van der Waals surface area contributed by atoms with E-state index in [2.05, 4.69) is 68.1 Å². The van der Waals surface area contributed by atoms with Crippen LogP contribution >= 0.6 is 31.9 Å². The van der Waals surface area contributed by atoms with Crippen molar-refractivity contribution in [3.63, 3.8) is 0 Å². The van der Waals surface area contributed by atoms with Crippen molar-refractivity contribution in [2.24, 2.45) is 0 Å². The Morgan fingerprint density at radius 1 is 1.06 bits per heavy atom. The molecule has 0 bridgehead atoms. The van der Waals surface area contributed by atoms with Gasteiger partial charge in [0, 0.05) is 16.3 Å². The van der Waals surface area contributed by atoms with Crippen molar-refractivity contribution in [2.45, 2.75) is 25.8 Å². The van der Waals surface area contributed by atoms with Crippen LogP contribution in [0.2, 0.25) is 0 Å². The molecule has 1 nitrogen and oxygen atoms in total. The van der Waals surface area contributed by atoms with Gasteiger partial charge in [0.2, 0.25) is 0 Å². The third-order valence-electron chi connectivity index (χ3n) is 2.54. The SMILES string of the molecule is CN(CCCCCBr)Cc1ccc(Br)cc1. The Balaban J connectivity index is 2.23. The molecule has 0 heterocycles. The van der Waals surface area contributed by atoms with E-state index in [1.165, 1.54) is 31.4 Å².